The van der Waals surface area contributed by atoms with Gasteiger partial charge in [0.05, 0.1) is 6.04 Å². The monoisotopic (exact) mass is 442 g/mol. The Balaban J connectivity index is 2.44. The maximum absolute atomic E-state index is 12.5. The number of nitrogens with one attached hydrogen (secondary N) is 3. The summed E-state index contributed by atoms with van der Waals surface area (Å²) in [5.74, 6) is -1.39. The average Bonchev–Trinajstić information content (AvgIpc) is 3.46. The number of amides is 3. The predicted molar refractivity (Wildman–Crippen MR) is 115 cm³/mol. The SMILES string of the molecule is CCCC(=O)NCCCC[C@H](N)C(=O)N[C@H](CC(=O)NN(C)CC(=O)O)[C@H]1C[C@H]1CN. The molecule has 3 amide bonds. The van der Waals surface area contributed by atoms with E-state index in [0.717, 1.165) is 19.3 Å². The van der Waals surface area contributed by atoms with Gasteiger partial charge in [0.25, 0.3) is 0 Å². The summed E-state index contributed by atoms with van der Waals surface area (Å²) in [5.41, 5.74) is 14.2. The molecular formula is C20H38N6O5. The summed E-state index contributed by atoms with van der Waals surface area (Å²) >= 11 is 0. The number of rotatable bonds is 16. The van der Waals surface area contributed by atoms with Crippen molar-refractivity contribution >= 4 is 23.7 Å². The molecule has 1 saturated carbocycles. The van der Waals surface area contributed by atoms with Gasteiger partial charge >= 0.3 is 5.97 Å². The lowest BCUT2D eigenvalue weighted by atomic mass is 10.0. The first-order valence-corrected chi connectivity index (χ1v) is 10.9. The molecule has 1 aliphatic rings. The highest BCUT2D eigenvalue weighted by molar-refractivity contribution is 5.83. The first-order chi connectivity index (χ1) is 14.7. The lowest BCUT2D eigenvalue weighted by Crippen LogP contribution is -2.50. The third-order valence-electron chi connectivity index (χ3n) is 5.30. The van der Waals surface area contributed by atoms with Crippen molar-refractivity contribution in [1.82, 2.24) is 21.1 Å². The molecule has 0 heterocycles. The molecule has 0 unspecified atom stereocenters. The Bertz CT molecular complexity index is 617. The van der Waals surface area contributed by atoms with Crippen LogP contribution in [0.3, 0.4) is 0 Å². The van der Waals surface area contributed by atoms with E-state index in [1.807, 2.05) is 6.92 Å². The van der Waals surface area contributed by atoms with Crippen molar-refractivity contribution < 1.29 is 24.3 Å². The zero-order chi connectivity index (χ0) is 23.4. The van der Waals surface area contributed by atoms with Gasteiger partial charge < -0.3 is 27.2 Å². The molecule has 178 valence electrons. The summed E-state index contributed by atoms with van der Waals surface area (Å²) < 4.78 is 0. The number of hydrazine groups is 1. The van der Waals surface area contributed by atoms with Gasteiger partial charge in [-0.05, 0) is 50.5 Å². The lowest BCUT2D eigenvalue weighted by Gasteiger charge is -2.23. The quantitative estimate of drug-likeness (QED) is 0.129. The molecule has 11 nitrogen and oxygen atoms in total. The van der Waals surface area contributed by atoms with E-state index in [2.05, 4.69) is 16.1 Å². The van der Waals surface area contributed by atoms with Crippen LogP contribution in [-0.4, -0.2) is 72.6 Å². The van der Waals surface area contributed by atoms with Crippen molar-refractivity contribution in [1.29, 1.82) is 0 Å². The molecular weight excluding hydrogens is 404 g/mol. The van der Waals surface area contributed by atoms with Gasteiger partial charge in [0.2, 0.25) is 17.7 Å². The van der Waals surface area contributed by atoms with Gasteiger partial charge in [0.1, 0.15) is 6.54 Å². The molecule has 0 aromatic rings. The van der Waals surface area contributed by atoms with E-state index in [9.17, 15) is 19.2 Å². The zero-order valence-electron chi connectivity index (χ0n) is 18.6. The van der Waals surface area contributed by atoms with E-state index in [4.69, 9.17) is 16.6 Å². The molecule has 1 fully saturated rings. The number of carboxylic acids is 1. The second kappa shape index (κ2) is 13.9. The van der Waals surface area contributed by atoms with Gasteiger partial charge in [-0.25, -0.2) is 5.01 Å². The van der Waals surface area contributed by atoms with Gasteiger partial charge in [-0.3, -0.25) is 24.6 Å². The maximum Gasteiger partial charge on any atom is 0.319 e. The van der Waals surface area contributed by atoms with Crippen LogP contribution in [0.2, 0.25) is 0 Å². The standard InChI is InChI=1S/C20H38N6O5/c1-3-6-17(27)23-8-5-4-7-15(22)20(31)24-16(14-9-13(14)11-21)10-18(28)25-26(2)12-19(29)30/h13-16H,3-12,21-22H2,1-2H3,(H,23,27)(H,24,31)(H,25,28)(H,29,30)/t13-,14-,15-,16+/m0/s1. The zero-order valence-corrected chi connectivity index (χ0v) is 18.6. The summed E-state index contributed by atoms with van der Waals surface area (Å²) in [5, 5.41) is 15.7. The third-order valence-corrected chi connectivity index (χ3v) is 5.30. The first kappa shape index (κ1) is 26.8. The lowest BCUT2D eigenvalue weighted by molar-refractivity contribution is -0.139. The van der Waals surface area contributed by atoms with Gasteiger partial charge in [0, 0.05) is 32.5 Å². The van der Waals surface area contributed by atoms with Crippen LogP contribution in [-0.2, 0) is 19.2 Å². The number of likely N-dealkylation sites (N-methyl/N-ethyl adjacent to an activating group) is 1. The minimum Gasteiger partial charge on any atom is -0.480 e. The normalized spacial score (nSPS) is 19.4. The number of carboxylic acid groups (broad SMARTS) is 1. The average molecular weight is 443 g/mol. The molecule has 0 saturated heterocycles. The Morgan fingerprint density at radius 1 is 1.19 bits per heavy atom. The van der Waals surface area contributed by atoms with Crippen molar-refractivity contribution in [3.8, 4) is 0 Å². The Morgan fingerprint density at radius 3 is 2.48 bits per heavy atom. The molecule has 1 aliphatic carbocycles. The number of aliphatic carboxylic acids is 1. The van der Waals surface area contributed by atoms with E-state index < -0.39 is 18.1 Å². The minimum atomic E-state index is -1.06. The van der Waals surface area contributed by atoms with Crippen LogP contribution < -0.4 is 27.5 Å². The number of carbonyl (C=O) groups excluding carboxylic acids is 3. The molecule has 0 radical (unpaired) electrons. The smallest absolute Gasteiger partial charge is 0.319 e. The van der Waals surface area contributed by atoms with Gasteiger partial charge in [-0.1, -0.05) is 6.92 Å². The van der Waals surface area contributed by atoms with Gasteiger partial charge in [-0.2, -0.15) is 0 Å². The second-order valence-electron chi connectivity index (χ2n) is 8.20. The molecule has 1 rings (SSSR count). The first-order valence-electron chi connectivity index (χ1n) is 10.9. The Labute approximate surface area is 183 Å². The number of hydrogen-bond donors (Lipinski definition) is 6. The fraction of sp³-hybridized carbons (Fsp3) is 0.800. The fourth-order valence-electron chi connectivity index (χ4n) is 3.50. The van der Waals surface area contributed by atoms with Crippen LogP contribution >= 0.6 is 0 Å². The molecule has 0 aromatic heterocycles. The number of carbonyl (C=O) groups is 4. The van der Waals surface area contributed by atoms with Crippen LogP contribution in [0.5, 0.6) is 0 Å². The molecule has 31 heavy (non-hydrogen) atoms. The maximum atomic E-state index is 12.5. The van der Waals surface area contributed by atoms with Crippen molar-refractivity contribution in [3.05, 3.63) is 0 Å². The summed E-state index contributed by atoms with van der Waals surface area (Å²) in [6, 6.07) is -1.11. The highest BCUT2D eigenvalue weighted by Gasteiger charge is 2.43. The molecule has 4 atom stereocenters. The largest absolute Gasteiger partial charge is 0.480 e. The van der Waals surface area contributed by atoms with Crippen molar-refractivity contribution in [2.75, 3.05) is 26.7 Å². The number of nitrogens with zero attached hydrogens (tertiary/aromatic N) is 1. The van der Waals surface area contributed by atoms with Crippen molar-refractivity contribution in [2.24, 2.45) is 23.3 Å². The van der Waals surface area contributed by atoms with E-state index in [1.54, 1.807) is 0 Å². The van der Waals surface area contributed by atoms with Crippen LogP contribution in [0.1, 0.15) is 51.9 Å². The van der Waals surface area contributed by atoms with Crippen LogP contribution in [0.15, 0.2) is 0 Å². The van der Waals surface area contributed by atoms with Crippen molar-refractivity contribution in [2.45, 2.75) is 64.0 Å². The molecule has 8 N–H and O–H groups in total. The van der Waals surface area contributed by atoms with Crippen LogP contribution in [0, 0.1) is 11.8 Å². The molecule has 0 spiro atoms. The number of nitrogens with two attached hydrogens (primary N) is 2. The molecule has 11 heteroatoms. The fourth-order valence-corrected chi connectivity index (χ4v) is 3.50. The molecule has 0 bridgehead atoms. The van der Waals surface area contributed by atoms with Gasteiger partial charge in [-0.15, -0.1) is 0 Å². The molecule has 0 aliphatic heterocycles. The highest BCUT2D eigenvalue weighted by Crippen LogP contribution is 2.41. The van der Waals surface area contributed by atoms with Crippen molar-refractivity contribution in [3.63, 3.8) is 0 Å². The summed E-state index contributed by atoms with van der Waals surface area (Å²) in [7, 11) is 1.46. The highest BCUT2D eigenvalue weighted by atomic mass is 16.4. The predicted octanol–water partition coefficient (Wildman–Crippen LogP) is -1.08. The summed E-state index contributed by atoms with van der Waals surface area (Å²) in [4.78, 5) is 47.0. The Morgan fingerprint density at radius 2 is 1.90 bits per heavy atom. The molecule has 0 aromatic carbocycles. The van der Waals surface area contributed by atoms with Gasteiger partial charge in [0.15, 0.2) is 0 Å². The van der Waals surface area contributed by atoms with E-state index in [-0.39, 0.29) is 42.5 Å². The van der Waals surface area contributed by atoms with E-state index in [1.165, 1.54) is 12.1 Å². The second-order valence-corrected chi connectivity index (χ2v) is 8.20. The number of unbranched alkanes of at least 4 members (excludes halogenated alkanes) is 1. The summed E-state index contributed by atoms with van der Waals surface area (Å²) in [6.45, 7) is 2.65. The minimum absolute atomic E-state index is 0.0209. The Hall–Kier alpha value is -2.24. The third kappa shape index (κ3) is 11.1. The summed E-state index contributed by atoms with van der Waals surface area (Å²) in [6.07, 6.45) is 4.06. The number of hydrogen-bond acceptors (Lipinski definition) is 7. The topological polar surface area (TPSA) is 180 Å². The van der Waals surface area contributed by atoms with Crippen LogP contribution in [0.4, 0.5) is 0 Å². The van der Waals surface area contributed by atoms with Crippen LogP contribution in [0.25, 0.3) is 0 Å². The van der Waals surface area contributed by atoms with E-state index >= 15 is 0 Å². The Kier molecular flexibility index (Phi) is 12.1. The van der Waals surface area contributed by atoms with E-state index in [0.29, 0.717) is 32.4 Å².